The van der Waals surface area contributed by atoms with Gasteiger partial charge in [0.05, 0.1) is 12.2 Å². The molecule has 0 aromatic carbocycles. The van der Waals surface area contributed by atoms with Gasteiger partial charge in [-0.05, 0) is 26.2 Å². The van der Waals surface area contributed by atoms with Crippen LogP contribution in [-0.4, -0.2) is 30.4 Å². The average molecular weight is 211 g/mol. The fourth-order valence-electron chi connectivity index (χ4n) is 1.73. The molecule has 0 aromatic rings. The van der Waals surface area contributed by atoms with Crippen molar-refractivity contribution in [2.24, 2.45) is 0 Å². The van der Waals surface area contributed by atoms with Crippen LogP contribution in [0.4, 0.5) is 0 Å². The van der Waals surface area contributed by atoms with Gasteiger partial charge in [0.25, 0.3) is 0 Å². The van der Waals surface area contributed by atoms with E-state index in [9.17, 15) is 9.59 Å². The molecule has 0 saturated carbocycles. The highest BCUT2D eigenvalue weighted by Gasteiger charge is 2.25. The standard InChI is InChI=1S/C11H17NO3/c1-4-15-11(14)9-6-5-7-10(9)12(3)8(2)13/h4-7H2,1-3H3. The number of carbonyl (C=O) groups excluding carboxylic acids is 2. The highest BCUT2D eigenvalue weighted by atomic mass is 16.5. The SMILES string of the molecule is CCOC(=O)C1=C(N(C)C(C)=O)CCC1. The molecule has 15 heavy (non-hydrogen) atoms. The van der Waals surface area contributed by atoms with Crippen LogP contribution in [0.1, 0.15) is 33.1 Å². The van der Waals surface area contributed by atoms with Crippen LogP contribution >= 0.6 is 0 Å². The summed E-state index contributed by atoms with van der Waals surface area (Å²) in [5, 5.41) is 0. The van der Waals surface area contributed by atoms with Gasteiger partial charge >= 0.3 is 5.97 Å². The number of esters is 1. The molecular weight excluding hydrogens is 194 g/mol. The number of nitrogens with zero attached hydrogens (tertiary/aromatic N) is 1. The molecule has 0 spiro atoms. The molecule has 1 aliphatic rings. The Morgan fingerprint density at radius 2 is 2.07 bits per heavy atom. The molecule has 1 rings (SSSR count). The quantitative estimate of drug-likeness (QED) is 0.664. The van der Waals surface area contributed by atoms with Gasteiger partial charge < -0.3 is 9.64 Å². The zero-order valence-corrected chi connectivity index (χ0v) is 9.50. The first-order valence-corrected chi connectivity index (χ1v) is 5.21. The van der Waals surface area contributed by atoms with Crippen LogP contribution in [0.3, 0.4) is 0 Å². The number of ether oxygens (including phenoxy) is 1. The van der Waals surface area contributed by atoms with Crippen LogP contribution in [0.2, 0.25) is 0 Å². The first-order chi connectivity index (χ1) is 7.07. The van der Waals surface area contributed by atoms with Crippen LogP contribution in [0.25, 0.3) is 0 Å². The van der Waals surface area contributed by atoms with Gasteiger partial charge in [0.2, 0.25) is 5.91 Å². The highest BCUT2D eigenvalue weighted by molar-refractivity contribution is 5.91. The van der Waals surface area contributed by atoms with Crippen molar-refractivity contribution in [3.8, 4) is 0 Å². The fourth-order valence-corrected chi connectivity index (χ4v) is 1.73. The van der Waals surface area contributed by atoms with Gasteiger partial charge in [-0.25, -0.2) is 4.79 Å². The summed E-state index contributed by atoms with van der Waals surface area (Å²) < 4.78 is 4.95. The molecule has 0 saturated heterocycles. The number of amides is 1. The van der Waals surface area contributed by atoms with E-state index in [4.69, 9.17) is 4.74 Å². The van der Waals surface area contributed by atoms with E-state index in [1.54, 1.807) is 18.9 Å². The summed E-state index contributed by atoms with van der Waals surface area (Å²) in [6, 6.07) is 0. The van der Waals surface area contributed by atoms with Crippen molar-refractivity contribution in [1.29, 1.82) is 0 Å². The molecule has 0 heterocycles. The Labute approximate surface area is 89.9 Å². The molecular formula is C11H17NO3. The van der Waals surface area contributed by atoms with Crippen LogP contribution in [0.5, 0.6) is 0 Å². The van der Waals surface area contributed by atoms with Crippen molar-refractivity contribution in [3.63, 3.8) is 0 Å². The van der Waals surface area contributed by atoms with E-state index < -0.39 is 0 Å². The van der Waals surface area contributed by atoms with Gasteiger partial charge in [-0.15, -0.1) is 0 Å². The fraction of sp³-hybridized carbons (Fsp3) is 0.636. The average Bonchev–Trinajstić information content (AvgIpc) is 2.65. The van der Waals surface area contributed by atoms with E-state index in [0.29, 0.717) is 18.6 Å². The lowest BCUT2D eigenvalue weighted by Gasteiger charge is -2.17. The Morgan fingerprint density at radius 3 is 2.60 bits per heavy atom. The third-order valence-corrected chi connectivity index (χ3v) is 2.59. The summed E-state index contributed by atoms with van der Waals surface area (Å²) in [4.78, 5) is 24.3. The second-order valence-corrected chi connectivity index (χ2v) is 3.58. The zero-order valence-electron chi connectivity index (χ0n) is 9.50. The van der Waals surface area contributed by atoms with Crippen molar-refractivity contribution < 1.29 is 14.3 Å². The molecule has 1 aliphatic carbocycles. The van der Waals surface area contributed by atoms with E-state index in [2.05, 4.69) is 0 Å². The Hall–Kier alpha value is -1.32. The Morgan fingerprint density at radius 1 is 1.40 bits per heavy atom. The molecule has 0 radical (unpaired) electrons. The van der Waals surface area contributed by atoms with Crippen molar-refractivity contribution >= 4 is 11.9 Å². The second kappa shape index (κ2) is 4.96. The number of hydrogen-bond acceptors (Lipinski definition) is 3. The van der Waals surface area contributed by atoms with Crippen molar-refractivity contribution in [2.45, 2.75) is 33.1 Å². The number of hydrogen-bond donors (Lipinski definition) is 0. The van der Waals surface area contributed by atoms with Gasteiger partial charge in [-0.3, -0.25) is 4.79 Å². The number of carbonyl (C=O) groups is 2. The van der Waals surface area contributed by atoms with Crippen LogP contribution in [-0.2, 0) is 14.3 Å². The maximum atomic E-state index is 11.6. The minimum Gasteiger partial charge on any atom is -0.463 e. The molecule has 0 aliphatic heterocycles. The Kier molecular flexibility index (Phi) is 3.88. The molecule has 1 amide bonds. The molecule has 0 bridgehead atoms. The van der Waals surface area contributed by atoms with Crippen molar-refractivity contribution in [2.75, 3.05) is 13.7 Å². The second-order valence-electron chi connectivity index (χ2n) is 3.58. The smallest absolute Gasteiger partial charge is 0.335 e. The van der Waals surface area contributed by atoms with Crippen LogP contribution < -0.4 is 0 Å². The van der Waals surface area contributed by atoms with E-state index in [-0.39, 0.29) is 11.9 Å². The molecule has 4 nitrogen and oxygen atoms in total. The van der Waals surface area contributed by atoms with Gasteiger partial charge in [-0.1, -0.05) is 0 Å². The summed E-state index contributed by atoms with van der Waals surface area (Å²) in [6.45, 7) is 3.65. The third kappa shape index (κ3) is 2.58. The van der Waals surface area contributed by atoms with Crippen LogP contribution in [0.15, 0.2) is 11.3 Å². The minimum absolute atomic E-state index is 0.0475. The molecule has 4 heteroatoms. The lowest BCUT2D eigenvalue weighted by molar-refractivity contribution is -0.138. The minimum atomic E-state index is -0.280. The first-order valence-electron chi connectivity index (χ1n) is 5.21. The number of rotatable bonds is 3. The molecule has 84 valence electrons. The van der Waals surface area contributed by atoms with E-state index in [1.807, 2.05) is 0 Å². The van der Waals surface area contributed by atoms with E-state index >= 15 is 0 Å². The van der Waals surface area contributed by atoms with Crippen molar-refractivity contribution in [1.82, 2.24) is 4.90 Å². The molecule has 0 N–H and O–H groups in total. The monoisotopic (exact) mass is 211 g/mol. The zero-order chi connectivity index (χ0) is 11.4. The van der Waals surface area contributed by atoms with Gasteiger partial charge in [0.1, 0.15) is 0 Å². The van der Waals surface area contributed by atoms with Gasteiger partial charge in [0.15, 0.2) is 0 Å². The van der Waals surface area contributed by atoms with Gasteiger partial charge in [0, 0.05) is 19.7 Å². The molecule has 0 unspecified atom stereocenters. The van der Waals surface area contributed by atoms with E-state index in [0.717, 1.165) is 18.5 Å². The van der Waals surface area contributed by atoms with Gasteiger partial charge in [-0.2, -0.15) is 0 Å². The van der Waals surface area contributed by atoms with Crippen LogP contribution in [0, 0.1) is 0 Å². The summed E-state index contributed by atoms with van der Waals surface area (Å²) in [6.07, 6.45) is 2.41. The first kappa shape index (κ1) is 11.8. The number of allylic oxidation sites excluding steroid dienone is 1. The lowest BCUT2D eigenvalue weighted by Crippen LogP contribution is -2.24. The maximum absolute atomic E-state index is 11.6. The summed E-state index contributed by atoms with van der Waals surface area (Å²) >= 11 is 0. The molecule has 0 fully saturated rings. The summed E-state index contributed by atoms with van der Waals surface area (Å²) in [5.74, 6) is -0.327. The highest BCUT2D eigenvalue weighted by Crippen LogP contribution is 2.28. The normalized spacial score (nSPS) is 15.4. The van der Waals surface area contributed by atoms with E-state index in [1.165, 1.54) is 6.92 Å². The Balaban J connectivity index is 2.87. The predicted molar refractivity (Wildman–Crippen MR) is 56.0 cm³/mol. The Bertz CT molecular complexity index is 307. The summed E-state index contributed by atoms with van der Waals surface area (Å²) in [5.41, 5.74) is 1.48. The summed E-state index contributed by atoms with van der Waals surface area (Å²) in [7, 11) is 1.70. The third-order valence-electron chi connectivity index (χ3n) is 2.59. The predicted octanol–water partition coefficient (Wildman–Crippen LogP) is 1.47. The van der Waals surface area contributed by atoms with Crippen molar-refractivity contribution in [3.05, 3.63) is 11.3 Å². The lowest BCUT2D eigenvalue weighted by atomic mass is 10.2. The molecule has 0 atom stereocenters. The molecule has 0 aromatic heterocycles. The maximum Gasteiger partial charge on any atom is 0.335 e. The topological polar surface area (TPSA) is 46.6 Å². The largest absolute Gasteiger partial charge is 0.463 e.